The molecular weight excluding hydrogens is 466 g/mol. The number of benzene rings is 3. The molecule has 0 radical (unpaired) electrons. The van der Waals surface area contributed by atoms with Crippen molar-refractivity contribution >= 4 is 57.6 Å². The highest BCUT2D eigenvalue weighted by Crippen LogP contribution is 2.41. The fourth-order valence-corrected chi connectivity index (χ4v) is 4.74. The third-order valence-electron chi connectivity index (χ3n) is 4.92. The lowest BCUT2D eigenvalue weighted by Gasteiger charge is -2.15. The van der Waals surface area contributed by atoms with Crippen LogP contribution in [0.15, 0.2) is 71.6 Å². The zero-order valence-electron chi connectivity index (χ0n) is 16.6. The van der Waals surface area contributed by atoms with E-state index in [0.29, 0.717) is 43.8 Å². The van der Waals surface area contributed by atoms with E-state index < -0.39 is 0 Å². The molecule has 0 unspecified atom stereocenters. The van der Waals surface area contributed by atoms with Gasteiger partial charge in [-0.15, -0.1) is 0 Å². The molecule has 8 heteroatoms. The molecule has 160 valence electrons. The van der Waals surface area contributed by atoms with E-state index in [4.69, 9.17) is 38.0 Å². The average molecular weight is 482 g/mol. The fourth-order valence-electron chi connectivity index (χ4n) is 3.33. The fraction of sp³-hybridized carbons (Fsp3) is 0.0833. The Hall–Kier alpha value is -3.00. The standard InChI is InChI=1S/C24H16ClNO4S2/c25-17-7-5-15(6-8-17)13-28-19-4-2-1-3-16(19)11-22-23(27)26(24(31)32-22)18-9-10-20-21(12-18)30-14-29-20/h1-12H,13-14H2/b22-11+. The van der Waals surface area contributed by atoms with Crippen molar-refractivity contribution < 1.29 is 19.0 Å². The first-order valence-corrected chi connectivity index (χ1v) is 11.3. The number of fused-ring (bicyclic) bond motifs is 1. The number of nitrogens with zero attached hydrogens (tertiary/aromatic N) is 1. The van der Waals surface area contributed by atoms with Gasteiger partial charge in [-0.05, 0) is 42.0 Å². The van der Waals surface area contributed by atoms with Crippen molar-refractivity contribution in [3.63, 3.8) is 0 Å². The summed E-state index contributed by atoms with van der Waals surface area (Å²) in [5, 5.41) is 0.679. The molecule has 2 aliphatic rings. The van der Waals surface area contributed by atoms with Gasteiger partial charge in [-0.25, -0.2) is 0 Å². The molecule has 0 bridgehead atoms. The lowest BCUT2D eigenvalue weighted by molar-refractivity contribution is -0.113. The Morgan fingerprint density at radius 1 is 1.06 bits per heavy atom. The third-order valence-corrected chi connectivity index (χ3v) is 6.48. The smallest absolute Gasteiger partial charge is 0.270 e. The second-order valence-corrected chi connectivity index (χ2v) is 9.12. The van der Waals surface area contributed by atoms with Gasteiger partial charge >= 0.3 is 0 Å². The number of para-hydroxylation sites is 1. The van der Waals surface area contributed by atoms with Crippen LogP contribution >= 0.6 is 35.6 Å². The van der Waals surface area contributed by atoms with E-state index >= 15 is 0 Å². The van der Waals surface area contributed by atoms with Crippen molar-refractivity contribution in [2.24, 2.45) is 0 Å². The van der Waals surface area contributed by atoms with Crippen LogP contribution in [-0.2, 0) is 11.4 Å². The van der Waals surface area contributed by atoms with Crippen LogP contribution in [0.3, 0.4) is 0 Å². The zero-order chi connectivity index (χ0) is 22.1. The summed E-state index contributed by atoms with van der Waals surface area (Å²) in [5.41, 5.74) is 2.44. The first-order chi connectivity index (χ1) is 15.6. The minimum absolute atomic E-state index is 0.171. The number of anilines is 1. The minimum atomic E-state index is -0.189. The largest absolute Gasteiger partial charge is 0.488 e. The predicted molar refractivity (Wildman–Crippen MR) is 130 cm³/mol. The number of rotatable bonds is 5. The molecule has 0 atom stereocenters. The molecule has 5 rings (SSSR count). The summed E-state index contributed by atoms with van der Waals surface area (Å²) < 4.78 is 17.2. The van der Waals surface area contributed by atoms with Gasteiger partial charge in [0.05, 0.1) is 10.6 Å². The number of halogens is 1. The quantitative estimate of drug-likeness (QED) is 0.326. The minimum Gasteiger partial charge on any atom is -0.488 e. The number of ether oxygens (including phenoxy) is 3. The van der Waals surface area contributed by atoms with Crippen LogP contribution in [0.4, 0.5) is 5.69 Å². The van der Waals surface area contributed by atoms with Gasteiger partial charge < -0.3 is 14.2 Å². The molecule has 2 heterocycles. The molecule has 0 N–H and O–H groups in total. The second kappa shape index (κ2) is 8.86. The summed E-state index contributed by atoms with van der Waals surface area (Å²) >= 11 is 12.7. The Bertz CT molecular complexity index is 1240. The Kier molecular flexibility index (Phi) is 5.78. The molecule has 32 heavy (non-hydrogen) atoms. The van der Waals surface area contributed by atoms with Gasteiger partial charge in [0.15, 0.2) is 15.8 Å². The van der Waals surface area contributed by atoms with Crippen LogP contribution in [0.25, 0.3) is 6.08 Å². The van der Waals surface area contributed by atoms with Crippen molar-refractivity contribution in [2.75, 3.05) is 11.7 Å². The maximum absolute atomic E-state index is 13.2. The van der Waals surface area contributed by atoms with Crippen LogP contribution in [0.1, 0.15) is 11.1 Å². The molecule has 1 amide bonds. The van der Waals surface area contributed by atoms with Gasteiger partial charge in [0.25, 0.3) is 5.91 Å². The van der Waals surface area contributed by atoms with Gasteiger partial charge in [-0.1, -0.05) is 65.9 Å². The summed E-state index contributed by atoms with van der Waals surface area (Å²) in [6.45, 7) is 0.560. The molecule has 1 fully saturated rings. The normalized spacial score (nSPS) is 16.2. The van der Waals surface area contributed by atoms with E-state index in [-0.39, 0.29) is 12.7 Å². The molecule has 0 aliphatic carbocycles. The summed E-state index contributed by atoms with van der Waals surface area (Å²) in [6.07, 6.45) is 1.81. The van der Waals surface area contributed by atoms with Gasteiger partial charge in [0, 0.05) is 16.7 Å². The highest BCUT2D eigenvalue weighted by atomic mass is 35.5. The molecule has 3 aromatic rings. The van der Waals surface area contributed by atoms with Crippen LogP contribution in [0.5, 0.6) is 17.2 Å². The number of carbonyl (C=O) groups is 1. The van der Waals surface area contributed by atoms with Crippen molar-refractivity contribution in [3.8, 4) is 17.2 Å². The van der Waals surface area contributed by atoms with Crippen LogP contribution in [-0.4, -0.2) is 17.0 Å². The van der Waals surface area contributed by atoms with Crippen molar-refractivity contribution in [2.45, 2.75) is 6.61 Å². The number of thiocarbonyl (C=S) groups is 1. The van der Waals surface area contributed by atoms with Gasteiger partial charge in [-0.3, -0.25) is 9.69 Å². The van der Waals surface area contributed by atoms with E-state index in [9.17, 15) is 4.79 Å². The number of amides is 1. The molecule has 0 saturated carbocycles. The predicted octanol–water partition coefficient (Wildman–Crippen LogP) is 6.05. The summed E-state index contributed by atoms with van der Waals surface area (Å²) in [4.78, 5) is 15.2. The Balaban J connectivity index is 1.38. The topological polar surface area (TPSA) is 48.0 Å². The van der Waals surface area contributed by atoms with Crippen molar-refractivity contribution in [3.05, 3.63) is 87.8 Å². The summed E-state index contributed by atoms with van der Waals surface area (Å²) in [5.74, 6) is 1.74. The second-order valence-electron chi connectivity index (χ2n) is 7.01. The number of hydrogen-bond donors (Lipinski definition) is 0. The van der Waals surface area contributed by atoms with E-state index in [2.05, 4.69) is 0 Å². The molecule has 1 saturated heterocycles. The van der Waals surface area contributed by atoms with E-state index in [0.717, 1.165) is 11.1 Å². The Morgan fingerprint density at radius 2 is 1.84 bits per heavy atom. The Labute approximate surface area is 199 Å². The monoisotopic (exact) mass is 481 g/mol. The highest BCUT2D eigenvalue weighted by molar-refractivity contribution is 8.27. The SMILES string of the molecule is O=C1/C(=C\c2ccccc2OCc2ccc(Cl)cc2)SC(=S)N1c1ccc2c(c1)OCO2. The molecule has 0 spiro atoms. The first-order valence-electron chi connectivity index (χ1n) is 9.72. The van der Waals surface area contributed by atoms with Crippen LogP contribution < -0.4 is 19.1 Å². The average Bonchev–Trinajstić information content (AvgIpc) is 3.37. The van der Waals surface area contributed by atoms with E-state index in [1.165, 1.54) is 16.7 Å². The lowest BCUT2D eigenvalue weighted by atomic mass is 10.1. The van der Waals surface area contributed by atoms with E-state index in [1.54, 1.807) is 18.2 Å². The molecule has 2 aliphatic heterocycles. The number of thioether (sulfide) groups is 1. The van der Waals surface area contributed by atoms with Crippen LogP contribution in [0.2, 0.25) is 5.02 Å². The molecule has 5 nitrogen and oxygen atoms in total. The Morgan fingerprint density at radius 3 is 2.69 bits per heavy atom. The third kappa shape index (κ3) is 4.19. The lowest BCUT2D eigenvalue weighted by Crippen LogP contribution is -2.27. The van der Waals surface area contributed by atoms with Gasteiger partial charge in [0.1, 0.15) is 12.4 Å². The zero-order valence-corrected chi connectivity index (χ0v) is 19.0. The van der Waals surface area contributed by atoms with Crippen molar-refractivity contribution in [1.82, 2.24) is 0 Å². The number of carbonyl (C=O) groups excluding carboxylic acids is 1. The molecule has 0 aromatic heterocycles. The summed E-state index contributed by atoms with van der Waals surface area (Å²) in [6, 6.07) is 20.4. The highest BCUT2D eigenvalue weighted by Gasteiger charge is 2.34. The number of hydrogen-bond acceptors (Lipinski definition) is 6. The van der Waals surface area contributed by atoms with Gasteiger partial charge in [-0.2, -0.15) is 0 Å². The van der Waals surface area contributed by atoms with Gasteiger partial charge in [0.2, 0.25) is 6.79 Å². The first kappa shape index (κ1) is 20.9. The summed E-state index contributed by atoms with van der Waals surface area (Å²) in [7, 11) is 0. The molecular formula is C24H16ClNO4S2. The molecule has 3 aromatic carbocycles. The maximum atomic E-state index is 13.2. The van der Waals surface area contributed by atoms with Crippen LogP contribution in [0, 0.1) is 0 Å². The van der Waals surface area contributed by atoms with E-state index in [1.807, 2.05) is 54.6 Å². The van der Waals surface area contributed by atoms with Crippen molar-refractivity contribution in [1.29, 1.82) is 0 Å². The maximum Gasteiger partial charge on any atom is 0.270 e.